The first-order chi connectivity index (χ1) is 22.0. The van der Waals surface area contributed by atoms with Gasteiger partial charge in [0.05, 0.1) is 31.0 Å². The third-order valence-electron chi connectivity index (χ3n) is 9.66. The maximum atomic E-state index is 13.8. The number of rotatable bonds is 11. The number of nitrogens with one attached hydrogen (secondary N) is 1. The molecule has 0 saturated carbocycles. The van der Waals surface area contributed by atoms with Gasteiger partial charge in [0, 0.05) is 30.1 Å². The van der Waals surface area contributed by atoms with Gasteiger partial charge in [-0.05, 0) is 44.1 Å². The highest BCUT2D eigenvalue weighted by Gasteiger charge is 2.72. The Bertz CT molecular complexity index is 1600. The van der Waals surface area contributed by atoms with Gasteiger partial charge in [-0.3, -0.25) is 9.59 Å². The lowest BCUT2D eigenvalue weighted by molar-refractivity contribution is -0.176. The van der Waals surface area contributed by atoms with Gasteiger partial charge in [0.2, 0.25) is 12.0 Å². The predicted octanol–water partition coefficient (Wildman–Crippen LogP) is 1.56. The lowest BCUT2D eigenvalue weighted by atomic mass is 9.50. The molecule has 4 aliphatic rings. The number of aliphatic carboxylic acids is 1. The Morgan fingerprint density at radius 3 is 2.60 bits per heavy atom. The minimum Gasteiger partial charge on any atom is -0.493 e. The highest BCUT2D eigenvalue weighted by molar-refractivity contribution is 5.85. The molecule has 2 heterocycles. The number of likely N-dealkylation sites (N-methyl/N-ethyl adjacent to an activating group) is 1. The first-order valence-corrected chi connectivity index (χ1v) is 15.1. The molecule has 2 aromatic carbocycles. The SMILES string of the molecule is COc1ccc2c3c1O[C@H]1C(OC(=O)[C@H](OC(=O)CCNC(=O)C[C@H](O)C(=O)O)c4ccccc4)=CC[C@@]4(O)[C@H](C2)N(C)CC[C@]314.Cl. The number of benzene rings is 2. The summed E-state index contributed by atoms with van der Waals surface area (Å²) in [6.07, 6.45) is -2.08. The fourth-order valence-corrected chi connectivity index (χ4v) is 7.47. The summed E-state index contributed by atoms with van der Waals surface area (Å²) in [5, 5.41) is 32.9. The summed E-state index contributed by atoms with van der Waals surface area (Å²) in [5.74, 6) is -2.73. The number of nitrogens with zero attached hydrogens (tertiary/aromatic N) is 1. The van der Waals surface area contributed by atoms with E-state index in [0.717, 1.165) is 11.1 Å². The van der Waals surface area contributed by atoms with E-state index in [1.807, 2.05) is 19.2 Å². The molecule has 252 valence electrons. The number of amides is 1. The number of piperidine rings is 1. The molecule has 2 aliphatic heterocycles. The van der Waals surface area contributed by atoms with E-state index >= 15 is 0 Å². The number of halogens is 1. The second-order valence-electron chi connectivity index (χ2n) is 12.1. The van der Waals surface area contributed by atoms with Crippen molar-refractivity contribution in [2.45, 2.75) is 67.5 Å². The normalized spacial score (nSPS) is 26.3. The largest absolute Gasteiger partial charge is 0.493 e. The van der Waals surface area contributed by atoms with Crippen LogP contribution in [0.3, 0.4) is 0 Å². The Morgan fingerprint density at radius 1 is 1.15 bits per heavy atom. The predicted molar refractivity (Wildman–Crippen MR) is 166 cm³/mol. The van der Waals surface area contributed by atoms with Gasteiger partial charge in [-0.1, -0.05) is 36.4 Å². The number of hydrogen-bond donors (Lipinski definition) is 4. The summed E-state index contributed by atoms with van der Waals surface area (Å²) in [6.45, 7) is 0.487. The van der Waals surface area contributed by atoms with Crippen molar-refractivity contribution in [2.75, 3.05) is 27.2 Å². The molecule has 4 N–H and O–H groups in total. The Morgan fingerprint density at radius 2 is 1.89 bits per heavy atom. The monoisotopic (exact) mass is 672 g/mol. The standard InChI is InChI=1S/C33H36N2O11.ClH/c1-35-15-13-32-26-19-8-9-21(43-2)28(26)46-29(32)22(10-12-33(32,42)23(35)16-19)44-31(41)27(18-6-4-3-5-7-18)45-25(38)11-14-34-24(37)17-20(36)30(39)40;/h3-10,20,23,27,29,36,42H,11-17H2,1-2H3,(H,34,37)(H,39,40);1H/t20-,23-,27+,29-,32-,33+;/m0./s1. The van der Waals surface area contributed by atoms with E-state index in [9.17, 15) is 29.4 Å². The van der Waals surface area contributed by atoms with E-state index in [2.05, 4.69) is 10.2 Å². The summed E-state index contributed by atoms with van der Waals surface area (Å²) in [5.41, 5.74) is 0.206. The van der Waals surface area contributed by atoms with Crippen LogP contribution in [0, 0.1) is 0 Å². The Labute approximate surface area is 276 Å². The van der Waals surface area contributed by atoms with Crippen molar-refractivity contribution in [1.29, 1.82) is 0 Å². The summed E-state index contributed by atoms with van der Waals surface area (Å²) in [6, 6.07) is 12.0. The third-order valence-corrected chi connectivity index (χ3v) is 9.66. The molecule has 1 fully saturated rings. The third kappa shape index (κ3) is 5.71. The number of ether oxygens (including phenoxy) is 4. The molecule has 6 rings (SSSR count). The van der Waals surface area contributed by atoms with Crippen molar-refractivity contribution in [3.05, 3.63) is 71.0 Å². The van der Waals surface area contributed by atoms with Gasteiger partial charge in [0.25, 0.3) is 0 Å². The molecule has 6 atom stereocenters. The number of aliphatic hydroxyl groups is 2. The van der Waals surface area contributed by atoms with Gasteiger partial charge >= 0.3 is 17.9 Å². The maximum absolute atomic E-state index is 13.8. The van der Waals surface area contributed by atoms with Crippen molar-refractivity contribution in [1.82, 2.24) is 10.2 Å². The molecule has 14 heteroatoms. The Kier molecular flexibility index (Phi) is 9.56. The second-order valence-corrected chi connectivity index (χ2v) is 12.1. The maximum Gasteiger partial charge on any atom is 0.357 e. The van der Waals surface area contributed by atoms with Gasteiger partial charge in [0.15, 0.2) is 23.7 Å². The fourth-order valence-electron chi connectivity index (χ4n) is 7.47. The van der Waals surface area contributed by atoms with Crippen LogP contribution in [-0.2, 0) is 40.5 Å². The van der Waals surface area contributed by atoms with Gasteiger partial charge in [0.1, 0.15) is 5.76 Å². The van der Waals surface area contributed by atoms with E-state index in [-0.39, 0.29) is 43.6 Å². The molecular weight excluding hydrogens is 636 g/mol. The quantitative estimate of drug-likeness (QED) is 0.253. The van der Waals surface area contributed by atoms with Crippen molar-refractivity contribution < 1.29 is 53.4 Å². The Balaban J connectivity index is 0.00000433. The summed E-state index contributed by atoms with van der Waals surface area (Å²) in [4.78, 5) is 51.5. The second kappa shape index (κ2) is 13.1. The van der Waals surface area contributed by atoms with Crippen molar-refractivity contribution >= 4 is 36.2 Å². The van der Waals surface area contributed by atoms with E-state index in [1.165, 1.54) is 0 Å². The van der Waals surface area contributed by atoms with E-state index < -0.39 is 59.6 Å². The Hall–Kier alpha value is -4.17. The highest BCUT2D eigenvalue weighted by Crippen LogP contribution is 2.65. The van der Waals surface area contributed by atoms with Gasteiger partial charge < -0.3 is 44.5 Å². The zero-order chi connectivity index (χ0) is 32.8. The van der Waals surface area contributed by atoms with Gasteiger partial charge in [-0.25, -0.2) is 9.59 Å². The van der Waals surface area contributed by atoms with Crippen LogP contribution in [0.25, 0.3) is 0 Å². The molecule has 0 aromatic heterocycles. The topological polar surface area (TPSA) is 181 Å². The minimum atomic E-state index is -1.87. The van der Waals surface area contributed by atoms with Crippen molar-refractivity contribution in [3.8, 4) is 11.5 Å². The smallest absolute Gasteiger partial charge is 0.357 e. The van der Waals surface area contributed by atoms with Crippen LogP contribution in [0.2, 0.25) is 0 Å². The number of methoxy groups -OCH3 is 1. The van der Waals surface area contributed by atoms with E-state index in [0.29, 0.717) is 36.4 Å². The van der Waals surface area contributed by atoms with Crippen LogP contribution in [-0.4, -0.2) is 95.1 Å². The molecule has 47 heavy (non-hydrogen) atoms. The molecule has 1 spiro atoms. The van der Waals surface area contributed by atoms with Gasteiger partial charge in [-0.2, -0.15) is 0 Å². The number of aliphatic hydroxyl groups excluding tert-OH is 1. The zero-order valence-corrected chi connectivity index (χ0v) is 26.7. The molecule has 13 nitrogen and oxygen atoms in total. The molecule has 2 aliphatic carbocycles. The van der Waals surface area contributed by atoms with Crippen molar-refractivity contribution in [3.63, 3.8) is 0 Å². The average Bonchev–Trinajstić information content (AvgIpc) is 3.39. The van der Waals surface area contributed by atoms with Gasteiger partial charge in [-0.15, -0.1) is 12.4 Å². The van der Waals surface area contributed by atoms with Crippen LogP contribution < -0.4 is 14.8 Å². The van der Waals surface area contributed by atoms with E-state index in [4.69, 9.17) is 24.1 Å². The van der Waals surface area contributed by atoms with E-state index in [1.54, 1.807) is 43.5 Å². The van der Waals surface area contributed by atoms with Crippen LogP contribution in [0.4, 0.5) is 0 Å². The van der Waals surface area contributed by atoms with Crippen LogP contribution >= 0.6 is 12.4 Å². The van der Waals surface area contributed by atoms with Crippen LogP contribution in [0.5, 0.6) is 11.5 Å². The lowest BCUT2D eigenvalue weighted by Crippen LogP contribution is -2.74. The number of carbonyl (C=O) groups excluding carboxylic acids is 3. The number of esters is 2. The minimum absolute atomic E-state index is 0. The van der Waals surface area contributed by atoms with Crippen LogP contribution in [0.15, 0.2) is 54.3 Å². The molecular formula is C33H37ClN2O11. The first-order valence-electron chi connectivity index (χ1n) is 15.1. The van der Waals surface area contributed by atoms with Crippen LogP contribution in [0.1, 0.15) is 48.5 Å². The number of carbonyl (C=O) groups is 4. The first kappa shape index (κ1) is 34.2. The molecule has 1 saturated heterocycles. The fraction of sp³-hybridized carbons (Fsp3) is 0.455. The average molecular weight is 673 g/mol. The number of hydrogen-bond acceptors (Lipinski definition) is 11. The van der Waals surface area contributed by atoms with Crippen molar-refractivity contribution in [2.24, 2.45) is 0 Å². The molecule has 1 amide bonds. The lowest BCUT2D eigenvalue weighted by Gasteiger charge is -2.61. The zero-order valence-electron chi connectivity index (χ0n) is 25.8. The number of carboxylic acids is 1. The summed E-state index contributed by atoms with van der Waals surface area (Å²) < 4.78 is 23.8. The molecule has 0 unspecified atom stereocenters. The molecule has 2 bridgehead atoms. The molecule has 2 aromatic rings. The highest BCUT2D eigenvalue weighted by atomic mass is 35.5. The number of likely N-dealkylation sites (tertiary alicyclic amines) is 1. The summed E-state index contributed by atoms with van der Waals surface area (Å²) in [7, 11) is 3.55. The summed E-state index contributed by atoms with van der Waals surface area (Å²) >= 11 is 0. The molecule has 0 radical (unpaired) electrons. The number of carboxylic acid groups (broad SMARTS) is 1.